The molecule has 2 heterocycles. The van der Waals surface area contributed by atoms with Crippen molar-refractivity contribution in [2.24, 2.45) is 0 Å². The van der Waals surface area contributed by atoms with Gasteiger partial charge in [0.2, 0.25) is 0 Å². The molecule has 0 radical (unpaired) electrons. The van der Waals surface area contributed by atoms with Crippen molar-refractivity contribution in [3.8, 4) is 0 Å². The summed E-state index contributed by atoms with van der Waals surface area (Å²) in [5, 5.41) is 71.9. The molecule has 0 bridgehead atoms. The van der Waals surface area contributed by atoms with Crippen LogP contribution in [-0.4, -0.2) is 142 Å². The molecule has 0 aliphatic carbocycles. The lowest BCUT2D eigenvalue weighted by molar-refractivity contribution is -0.332. The topological polar surface area (TPSA) is 231 Å². The zero-order valence-corrected chi connectivity index (χ0v) is 37.7. The standard InChI is InChI=1S/C46H86O15/c1-3-5-7-9-11-13-15-16-17-18-19-21-23-25-27-29-38(49)59-34(31-56-37(48)28-26-24-22-20-14-12-10-8-6-4-2)32-57-45-44(55)42(53)40(51)36(61-45)33-58-46-43(54)41(52)39(50)35(30-47)60-46/h34-36,39-47,50-55H,3-33H2,1-2H3/t34-,35-,36-,39+,40+,41?,42?,43?,44?,45-,46-/m1/s1. The summed E-state index contributed by atoms with van der Waals surface area (Å²) in [6, 6.07) is 0. The predicted octanol–water partition coefficient (Wildman–Crippen LogP) is 5.65. The summed E-state index contributed by atoms with van der Waals surface area (Å²) in [6.45, 7) is 2.58. The van der Waals surface area contributed by atoms with E-state index in [1.165, 1.54) is 109 Å². The van der Waals surface area contributed by atoms with Crippen LogP contribution in [0.15, 0.2) is 0 Å². The van der Waals surface area contributed by atoms with Crippen LogP contribution in [0.3, 0.4) is 0 Å². The molecule has 0 aromatic heterocycles. The summed E-state index contributed by atoms with van der Waals surface area (Å²) in [5.41, 5.74) is 0. The average molecular weight is 879 g/mol. The van der Waals surface area contributed by atoms with Gasteiger partial charge in [0.05, 0.1) is 19.8 Å². The van der Waals surface area contributed by atoms with Gasteiger partial charge >= 0.3 is 11.9 Å². The molecular weight excluding hydrogens is 792 g/mol. The van der Waals surface area contributed by atoms with Gasteiger partial charge in [0.25, 0.3) is 0 Å². The Hall–Kier alpha value is -1.50. The number of unbranched alkanes of at least 4 members (excludes halogenated alkanes) is 23. The van der Waals surface area contributed by atoms with Crippen molar-refractivity contribution < 1.29 is 73.8 Å². The van der Waals surface area contributed by atoms with E-state index in [1.54, 1.807) is 0 Å². The highest BCUT2D eigenvalue weighted by Crippen LogP contribution is 2.26. The van der Waals surface area contributed by atoms with Crippen molar-refractivity contribution in [3.63, 3.8) is 0 Å². The third-order valence-corrected chi connectivity index (χ3v) is 11.8. The minimum Gasteiger partial charge on any atom is -0.462 e. The number of rotatable bonds is 37. The van der Waals surface area contributed by atoms with Crippen molar-refractivity contribution in [1.82, 2.24) is 0 Å². The third-order valence-electron chi connectivity index (χ3n) is 11.8. The van der Waals surface area contributed by atoms with E-state index in [-0.39, 0.29) is 26.1 Å². The van der Waals surface area contributed by atoms with Gasteiger partial charge in [-0.15, -0.1) is 0 Å². The molecule has 0 saturated carbocycles. The summed E-state index contributed by atoms with van der Waals surface area (Å²) in [7, 11) is 0. The van der Waals surface area contributed by atoms with Crippen LogP contribution in [-0.2, 0) is 38.0 Å². The van der Waals surface area contributed by atoms with Crippen LogP contribution in [0.5, 0.6) is 0 Å². The fraction of sp³-hybridized carbons (Fsp3) is 0.957. The molecule has 11 atom stereocenters. The highest BCUT2D eigenvalue weighted by molar-refractivity contribution is 5.70. The Balaban J connectivity index is 1.83. The number of carbonyl (C=O) groups is 2. The zero-order chi connectivity index (χ0) is 44.7. The maximum absolute atomic E-state index is 12.9. The lowest BCUT2D eigenvalue weighted by Crippen LogP contribution is -2.61. The van der Waals surface area contributed by atoms with Crippen LogP contribution in [0.1, 0.15) is 187 Å². The van der Waals surface area contributed by atoms with Crippen molar-refractivity contribution in [1.29, 1.82) is 0 Å². The van der Waals surface area contributed by atoms with Gasteiger partial charge in [0, 0.05) is 12.8 Å². The first kappa shape index (κ1) is 55.6. The van der Waals surface area contributed by atoms with Crippen LogP contribution >= 0.6 is 0 Å². The molecule has 2 rings (SSSR count). The number of ether oxygens (including phenoxy) is 6. The molecule has 61 heavy (non-hydrogen) atoms. The fourth-order valence-corrected chi connectivity index (χ4v) is 7.81. The van der Waals surface area contributed by atoms with Crippen LogP contribution < -0.4 is 0 Å². The molecule has 15 nitrogen and oxygen atoms in total. The number of esters is 2. The number of hydrogen-bond acceptors (Lipinski definition) is 15. The number of aliphatic hydroxyl groups excluding tert-OH is 7. The van der Waals surface area contributed by atoms with Gasteiger partial charge in [-0.05, 0) is 12.8 Å². The van der Waals surface area contributed by atoms with Crippen LogP contribution in [0.25, 0.3) is 0 Å². The summed E-state index contributed by atoms with van der Waals surface area (Å²) in [5.74, 6) is -0.915. The Kier molecular flexibility index (Phi) is 31.8. The maximum atomic E-state index is 12.9. The lowest BCUT2D eigenvalue weighted by atomic mass is 9.98. The summed E-state index contributed by atoms with van der Waals surface area (Å²) in [6.07, 6.45) is 12.9. The summed E-state index contributed by atoms with van der Waals surface area (Å²) in [4.78, 5) is 25.6. The van der Waals surface area contributed by atoms with Crippen molar-refractivity contribution in [2.75, 3.05) is 26.4 Å². The maximum Gasteiger partial charge on any atom is 0.306 e. The van der Waals surface area contributed by atoms with Gasteiger partial charge in [-0.25, -0.2) is 0 Å². The SMILES string of the molecule is CCCCCCCCCCCCCCCCCC(=O)O[C@H](COC(=O)CCCCCCCCCCCC)CO[C@@H]1O[C@H](CO[C@@H]2O[C@H](CO)[C@H](O)C(O)C2O)[C@H](O)C(O)C1O. The van der Waals surface area contributed by atoms with E-state index < -0.39 is 92.7 Å². The van der Waals surface area contributed by atoms with E-state index in [9.17, 15) is 45.3 Å². The van der Waals surface area contributed by atoms with Gasteiger partial charge in [0.1, 0.15) is 55.4 Å². The number of hydrogen-bond donors (Lipinski definition) is 7. The second-order valence-corrected chi connectivity index (χ2v) is 17.3. The molecule has 2 fully saturated rings. The number of aliphatic hydroxyl groups is 7. The molecule has 4 unspecified atom stereocenters. The van der Waals surface area contributed by atoms with Crippen LogP contribution in [0, 0.1) is 0 Å². The largest absolute Gasteiger partial charge is 0.462 e. The van der Waals surface area contributed by atoms with Crippen LogP contribution in [0.2, 0.25) is 0 Å². The Labute approximate surface area is 366 Å². The molecule has 2 aliphatic heterocycles. The summed E-state index contributed by atoms with van der Waals surface area (Å²) < 4.78 is 33.5. The lowest BCUT2D eigenvalue weighted by Gasteiger charge is -2.42. The summed E-state index contributed by atoms with van der Waals surface area (Å²) >= 11 is 0. The normalized spacial score (nSPS) is 27.2. The molecule has 0 aromatic rings. The van der Waals surface area contributed by atoms with Crippen LogP contribution in [0.4, 0.5) is 0 Å². The second kappa shape index (κ2) is 34.8. The zero-order valence-electron chi connectivity index (χ0n) is 37.7. The highest BCUT2D eigenvalue weighted by Gasteiger charge is 2.47. The van der Waals surface area contributed by atoms with Crippen molar-refractivity contribution in [2.45, 2.75) is 255 Å². The second-order valence-electron chi connectivity index (χ2n) is 17.3. The predicted molar refractivity (Wildman–Crippen MR) is 229 cm³/mol. The fourth-order valence-electron chi connectivity index (χ4n) is 7.81. The van der Waals surface area contributed by atoms with Gasteiger partial charge in [-0.2, -0.15) is 0 Å². The molecule has 2 saturated heterocycles. The first-order valence-electron chi connectivity index (χ1n) is 24.1. The monoisotopic (exact) mass is 879 g/mol. The minimum absolute atomic E-state index is 0.173. The smallest absolute Gasteiger partial charge is 0.306 e. The molecule has 0 spiro atoms. The molecule has 360 valence electrons. The van der Waals surface area contributed by atoms with Gasteiger partial charge < -0.3 is 64.2 Å². The van der Waals surface area contributed by atoms with E-state index in [1.807, 2.05) is 0 Å². The molecule has 0 amide bonds. The van der Waals surface area contributed by atoms with Crippen molar-refractivity contribution in [3.05, 3.63) is 0 Å². The molecule has 0 aromatic carbocycles. The number of carbonyl (C=O) groups excluding carboxylic acids is 2. The van der Waals surface area contributed by atoms with E-state index in [0.29, 0.717) is 12.8 Å². The van der Waals surface area contributed by atoms with Gasteiger partial charge in [-0.3, -0.25) is 9.59 Å². The highest BCUT2D eigenvalue weighted by atomic mass is 16.7. The molecular formula is C46H86O15. The first-order valence-corrected chi connectivity index (χ1v) is 24.1. The minimum atomic E-state index is -1.76. The first-order chi connectivity index (χ1) is 29.5. The Morgan fingerprint density at radius 2 is 0.836 bits per heavy atom. The van der Waals surface area contributed by atoms with Crippen molar-refractivity contribution >= 4 is 11.9 Å². The Bertz CT molecular complexity index is 1080. The Morgan fingerprint density at radius 3 is 1.28 bits per heavy atom. The van der Waals surface area contributed by atoms with E-state index in [0.717, 1.165) is 38.5 Å². The van der Waals surface area contributed by atoms with E-state index >= 15 is 0 Å². The average Bonchev–Trinajstić information content (AvgIpc) is 3.25. The van der Waals surface area contributed by atoms with E-state index in [2.05, 4.69) is 13.8 Å². The Morgan fingerprint density at radius 1 is 0.459 bits per heavy atom. The third kappa shape index (κ3) is 23.8. The van der Waals surface area contributed by atoms with Gasteiger partial charge in [0.15, 0.2) is 18.7 Å². The molecule has 15 heteroatoms. The van der Waals surface area contributed by atoms with Gasteiger partial charge in [-0.1, -0.05) is 162 Å². The molecule has 7 N–H and O–H groups in total. The quantitative estimate of drug-likeness (QED) is 0.0295. The molecule has 2 aliphatic rings. The van der Waals surface area contributed by atoms with E-state index in [4.69, 9.17) is 28.4 Å².